The largest absolute Gasteiger partial charge is 0.381 e. The van der Waals surface area contributed by atoms with Crippen molar-refractivity contribution in [3.8, 4) is 17.5 Å². The Kier molecular flexibility index (Phi) is 7.11. The zero-order valence-corrected chi connectivity index (χ0v) is 21.6. The SMILES string of the molecule is CCc1nc2cccc(C#Cc3cscn3)c2c(=O)n1-c1ccccc1.NC(=O)c1c(N)nn2cccnc12. The predicted molar refractivity (Wildman–Crippen MR) is 151 cm³/mol. The Bertz CT molecular complexity index is 1920. The topological polar surface area (TPSA) is 147 Å². The van der Waals surface area contributed by atoms with Crippen LogP contribution in [-0.2, 0) is 6.42 Å². The number of aromatic nitrogens is 6. The molecule has 0 aliphatic heterocycles. The van der Waals surface area contributed by atoms with Gasteiger partial charge in [-0.15, -0.1) is 16.4 Å². The van der Waals surface area contributed by atoms with Crippen molar-refractivity contribution in [1.29, 1.82) is 0 Å². The van der Waals surface area contributed by atoms with Gasteiger partial charge in [-0.2, -0.15) is 0 Å². The van der Waals surface area contributed by atoms with Gasteiger partial charge in [-0.3, -0.25) is 14.2 Å². The second kappa shape index (κ2) is 11.0. The van der Waals surface area contributed by atoms with Gasteiger partial charge in [-0.1, -0.05) is 37.1 Å². The second-order valence-corrected chi connectivity index (χ2v) is 8.91. The Morgan fingerprint density at radius 1 is 1.05 bits per heavy atom. The number of para-hydroxylation sites is 1. The molecule has 4 N–H and O–H groups in total. The van der Waals surface area contributed by atoms with Crippen LogP contribution in [0.4, 0.5) is 5.82 Å². The summed E-state index contributed by atoms with van der Waals surface area (Å²) >= 11 is 1.49. The fourth-order valence-electron chi connectivity index (χ4n) is 4.01. The van der Waals surface area contributed by atoms with Crippen LogP contribution in [0.2, 0.25) is 0 Å². The highest BCUT2D eigenvalue weighted by atomic mass is 32.1. The summed E-state index contributed by atoms with van der Waals surface area (Å²) in [4.78, 5) is 37.1. The van der Waals surface area contributed by atoms with Gasteiger partial charge in [0.05, 0.1) is 22.1 Å². The highest BCUT2D eigenvalue weighted by Crippen LogP contribution is 2.17. The number of hydrogen-bond donors (Lipinski definition) is 2. The number of nitrogens with two attached hydrogens (primary N) is 2. The minimum atomic E-state index is -0.619. The Morgan fingerprint density at radius 2 is 1.87 bits per heavy atom. The van der Waals surface area contributed by atoms with Gasteiger partial charge in [0.15, 0.2) is 11.5 Å². The van der Waals surface area contributed by atoms with Gasteiger partial charge in [0.2, 0.25) is 0 Å². The highest BCUT2D eigenvalue weighted by molar-refractivity contribution is 7.07. The van der Waals surface area contributed by atoms with Crippen LogP contribution < -0.4 is 17.0 Å². The molecule has 0 bridgehead atoms. The van der Waals surface area contributed by atoms with Crippen molar-refractivity contribution >= 4 is 39.6 Å². The van der Waals surface area contributed by atoms with Crippen molar-refractivity contribution in [2.45, 2.75) is 13.3 Å². The van der Waals surface area contributed by atoms with E-state index in [9.17, 15) is 9.59 Å². The molecule has 39 heavy (non-hydrogen) atoms. The summed E-state index contributed by atoms with van der Waals surface area (Å²) in [5, 5.41) is 6.29. The molecule has 6 rings (SSSR count). The molecule has 10 nitrogen and oxygen atoms in total. The van der Waals surface area contributed by atoms with E-state index in [2.05, 4.69) is 26.9 Å². The third kappa shape index (κ3) is 5.09. The lowest BCUT2D eigenvalue weighted by molar-refractivity contribution is 0.100. The monoisotopic (exact) mass is 534 g/mol. The van der Waals surface area contributed by atoms with E-state index >= 15 is 0 Å². The van der Waals surface area contributed by atoms with Gasteiger partial charge < -0.3 is 11.5 Å². The maximum Gasteiger partial charge on any atom is 0.267 e. The normalized spacial score (nSPS) is 10.5. The Morgan fingerprint density at radius 3 is 2.59 bits per heavy atom. The van der Waals surface area contributed by atoms with E-state index < -0.39 is 5.91 Å². The molecule has 0 spiro atoms. The molecule has 0 aliphatic carbocycles. The number of carbonyl (C=O) groups excluding carboxylic acids is 1. The molecule has 0 saturated heterocycles. The molecule has 4 heterocycles. The van der Waals surface area contributed by atoms with Crippen LogP contribution in [0.5, 0.6) is 0 Å². The number of primary amides is 1. The van der Waals surface area contributed by atoms with E-state index in [1.54, 1.807) is 28.5 Å². The third-order valence-corrected chi connectivity index (χ3v) is 6.31. The average molecular weight is 535 g/mol. The van der Waals surface area contributed by atoms with Gasteiger partial charge >= 0.3 is 0 Å². The molecule has 0 unspecified atom stereocenters. The number of carbonyl (C=O) groups is 1. The zero-order chi connectivity index (χ0) is 27.4. The van der Waals surface area contributed by atoms with E-state index in [1.165, 1.54) is 15.9 Å². The van der Waals surface area contributed by atoms with E-state index in [-0.39, 0.29) is 16.9 Å². The molecular formula is C28H22N8O2S. The number of nitrogen functional groups attached to an aromatic ring is 1. The lowest BCUT2D eigenvalue weighted by Gasteiger charge is -2.13. The fourth-order valence-corrected chi connectivity index (χ4v) is 4.49. The zero-order valence-electron chi connectivity index (χ0n) is 20.8. The average Bonchev–Trinajstić information content (AvgIpc) is 3.59. The maximum atomic E-state index is 13.3. The van der Waals surface area contributed by atoms with Gasteiger partial charge in [-0.25, -0.2) is 19.5 Å². The number of benzene rings is 2. The van der Waals surface area contributed by atoms with Crippen LogP contribution in [0.1, 0.15) is 34.4 Å². The Balaban J connectivity index is 0.000000198. The number of fused-ring (bicyclic) bond motifs is 2. The first-order chi connectivity index (χ1) is 19.0. The first-order valence-corrected chi connectivity index (χ1v) is 12.8. The van der Waals surface area contributed by atoms with Crippen molar-refractivity contribution in [2.75, 3.05) is 5.73 Å². The van der Waals surface area contributed by atoms with Crippen LogP contribution in [0.25, 0.3) is 22.2 Å². The summed E-state index contributed by atoms with van der Waals surface area (Å²) in [5.74, 6) is 6.33. The molecular weight excluding hydrogens is 512 g/mol. The second-order valence-electron chi connectivity index (χ2n) is 8.19. The van der Waals surface area contributed by atoms with Crippen molar-refractivity contribution in [2.24, 2.45) is 5.73 Å². The summed E-state index contributed by atoms with van der Waals surface area (Å²) in [5.41, 5.74) is 15.6. The van der Waals surface area contributed by atoms with Crippen molar-refractivity contribution < 1.29 is 4.79 Å². The maximum absolute atomic E-state index is 13.3. The van der Waals surface area contributed by atoms with Crippen molar-refractivity contribution in [3.63, 3.8) is 0 Å². The minimum Gasteiger partial charge on any atom is -0.381 e. The number of rotatable bonds is 3. The lowest BCUT2D eigenvalue weighted by Crippen LogP contribution is -2.24. The highest BCUT2D eigenvalue weighted by Gasteiger charge is 2.16. The molecule has 0 fully saturated rings. The quantitative estimate of drug-likeness (QED) is 0.331. The molecule has 6 aromatic rings. The Labute approximate surface area is 226 Å². The molecule has 11 heteroatoms. The number of aryl methyl sites for hydroxylation is 1. The third-order valence-electron chi connectivity index (χ3n) is 5.72. The van der Waals surface area contributed by atoms with Crippen molar-refractivity contribution in [3.05, 3.63) is 111 Å². The summed E-state index contributed by atoms with van der Waals surface area (Å²) in [6.07, 6.45) is 3.85. The fraction of sp³-hybridized carbons (Fsp3) is 0.0714. The van der Waals surface area contributed by atoms with E-state index in [4.69, 9.17) is 16.5 Å². The van der Waals surface area contributed by atoms with E-state index in [0.717, 1.165) is 11.5 Å². The van der Waals surface area contributed by atoms with Crippen LogP contribution in [0.15, 0.2) is 82.7 Å². The van der Waals surface area contributed by atoms with Crippen LogP contribution in [0, 0.1) is 11.8 Å². The summed E-state index contributed by atoms with van der Waals surface area (Å²) in [7, 11) is 0. The predicted octanol–water partition coefficient (Wildman–Crippen LogP) is 3.21. The standard InChI is InChI=1S/C21H15N3OS.C7H7N5O/c1-2-19-23-18-10-6-7-15(11-12-16-13-26-14-22-16)20(18)21(25)24(19)17-8-4-3-5-9-17;8-5-4(6(9)13)7-10-2-1-3-12(7)11-5/h3-10,13-14H,2H2,1H3;1-3H,(H2,8,11)(H2,9,13). The first-order valence-electron chi connectivity index (χ1n) is 11.9. The van der Waals surface area contributed by atoms with Crippen LogP contribution >= 0.6 is 11.3 Å². The minimum absolute atomic E-state index is 0.0961. The molecule has 0 radical (unpaired) electrons. The lowest BCUT2D eigenvalue weighted by atomic mass is 10.1. The number of nitrogens with zero attached hydrogens (tertiary/aromatic N) is 6. The smallest absolute Gasteiger partial charge is 0.267 e. The molecule has 0 atom stereocenters. The van der Waals surface area contributed by atoms with Crippen LogP contribution in [-0.4, -0.2) is 35.0 Å². The molecule has 4 aromatic heterocycles. The summed E-state index contributed by atoms with van der Waals surface area (Å²) < 4.78 is 3.09. The summed E-state index contributed by atoms with van der Waals surface area (Å²) in [6.45, 7) is 2.00. The number of anilines is 1. The number of amides is 1. The molecule has 192 valence electrons. The van der Waals surface area contributed by atoms with Crippen molar-refractivity contribution in [1.82, 2.24) is 29.1 Å². The van der Waals surface area contributed by atoms with E-state index in [0.29, 0.717) is 34.2 Å². The van der Waals surface area contributed by atoms with E-state index in [1.807, 2.05) is 60.8 Å². The van der Waals surface area contributed by atoms with Gasteiger partial charge in [0.25, 0.3) is 11.5 Å². The molecule has 0 aliphatic rings. The number of thiazole rings is 1. The van der Waals surface area contributed by atoms with Gasteiger partial charge in [-0.05, 0) is 36.3 Å². The summed E-state index contributed by atoms with van der Waals surface area (Å²) in [6, 6.07) is 16.9. The first kappa shape index (κ1) is 25.3. The molecule has 0 saturated carbocycles. The van der Waals surface area contributed by atoms with Gasteiger partial charge in [0, 0.05) is 29.8 Å². The van der Waals surface area contributed by atoms with Crippen LogP contribution in [0.3, 0.4) is 0 Å². The number of hydrogen-bond acceptors (Lipinski definition) is 8. The van der Waals surface area contributed by atoms with Gasteiger partial charge in [0.1, 0.15) is 17.1 Å². The molecule has 2 aromatic carbocycles. The molecule has 1 amide bonds. The Hall–Kier alpha value is -5.34.